The number of amides is 2. The van der Waals surface area contributed by atoms with Crippen LogP contribution in [0.2, 0.25) is 0 Å². The molecular formula is C36H51N4NaO12. The minimum Gasteiger partial charge on any atom is -0.870 e. The molecule has 17 heteroatoms. The average Bonchev–Trinajstić information content (AvgIpc) is 3.46. The Balaban J connectivity index is 0.000000354. The summed E-state index contributed by atoms with van der Waals surface area (Å²) in [4.78, 5) is 55.1. The number of hydrogen-bond donors (Lipinski definition) is 2. The first-order valence-electron chi connectivity index (χ1n) is 16.8. The van der Waals surface area contributed by atoms with Crippen LogP contribution < -0.4 is 48.8 Å². The number of benzene rings is 2. The number of carbonyl (C=O) groups excluding carboxylic acids is 3. The normalized spacial score (nSPS) is 15.5. The fraction of sp³-hybridized carbons (Fsp3) is 0.556. The summed E-state index contributed by atoms with van der Waals surface area (Å²) in [5.41, 5.74) is 2.30. The molecule has 0 aliphatic carbocycles. The van der Waals surface area contributed by atoms with E-state index < -0.39 is 23.8 Å². The predicted molar refractivity (Wildman–Crippen MR) is 190 cm³/mol. The van der Waals surface area contributed by atoms with E-state index in [0.29, 0.717) is 69.2 Å². The fourth-order valence-electron chi connectivity index (χ4n) is 5.88. The Hall–Kier alpha value is -3.96. The molecule has 0 radical (unpaired) electrons. The largest absolute Gasteiger partial charge is 1.00 e. The smallest absolute Gasteiger partial charge is 0.870 e. The van der Waals surface area contributed by atoms with Gasteiger partial charge in [-0.2, -0.15) is 0 Å². The van der Waals surface area contributed by atoms with E-state index in [1.54, 1.807) is 29.0 Å². The quantitative estimate of drug-likeness (QED) is 0.242. The van der Waals surface area contributed by atoms with Gasteiger partial charge in [-0.3, -0.25) is 0 Å². The molecule has 3 aliphatic heterocycles. The zero-order chi connectivity index (χ0) is 37.7. The minimum absolute atomic E-state index is 0. The van der Waals surface area contributed by atoms with Gasteiger partial charge in [-0.05, 0) is 59.2 Å². The van der Waals surface area contributed by atoms with Crippen molar-refractivity contribution in [3.8, 4) is 11.5 Å². The van der Waals surface area contributed by atoms with Gasteiger partial charge in [-0.15, -0.1) is 0 Å². The van der Waals surface area contributed by atoms with Gasteiger partial charge in [-0.25, -0.2) is 19.2 Å². The van der Waals surface area contributed by atoms with Crippen LogP contribution >= 0.6 is 0 Å². The minimum atomic E-state index is -1.15. The van der Waals surface area contributed by atoms with Gasteiger partial charge in [0.1, 0.15) is 40.4 Å². The van der Waals surface area contributed by atoms with Crippen LogP contribution in [0.3, 0.4) is 0 Å². The van der Waals surface area contributed by atoms with Crippen molar-refractivity contribution < 1.29 is 88.1 Å². The Morgan fingerprint density at radius 3 is 1.57 bits per heavy atom. The Labute approximate surface area is 332 Å². The maximum Gasteiger partial charge on any atom is 1.00 e. The van der Waals surface area contributed by atoms with E-state index >= 15 is 0 Å². The van der Waals surface area contributed by atoms with E-state index in [1.165, 1.54) is 7.11 Å². The first-order chi connectivity index (χ1) is 23.9. The molecule has 0 saturated carbocycles. The summed E-state index contributed by atoms with van der Waals surface area (Å²) in [6.45, 7) is 15.6. The van der Waals surface area contributed by atoms with Crippen molar-refractivity contribution in [1.82, 2.24) is 9.80 Å². The van der Waals surface area contributed by atoms with Crippen LogP contribution in [0.4, 0.5) is 21.0 Å². The Morgan fingerprint density at radius 2 is 1.17 bits per heavy atom. The van der Waals surface area contributed by atoms with Crippen LogP contribution in [-0.2, 0) is 27.4 Å². The van der Waals surface area contributed by atoms with Gasteiger partial charge in [-0.1, -0.05) is 0 Å². The molecule has 5 rings (SSSR count). The molecule has 2 amide bonds. The number of carboxylic acids is 1. The first-order valence-corrected chi connectivity index (χ1v) is 16.8. The zero-order valence-electron chi connectivity index (χ0n) is 32.2. The molecule has 2 aromatic rings. The molecule has 0 aromatic heterocycles. The van der Waals surface area contributed by atoms with Gasteiger partial charge in [0.2, 0.25) is 0 Å². The van der Waals surface area contributed by atoms with Gasteiger partial charge in [0.05, 0.1) is 20.8 Å². The molecule has 2 saturated heterocycles. The summed E-state index contributed by atoms with van der Waals surface area (Å²) in [5.74, 6) is -0.751. The molecule has 3 N–H and O–H groups in total. The van der Waals surface area contributed by atoms with Gasteiger partial charge in [0.15, 0.2) is 0 Å². The number of esters is 1. The number of fused-ring (bicyclic) bond motifs is 1. The van der Waals surface area contributed by atoms with E-state index in [4.69, 9.17) is 23.7 Å². The molecule has 2 fully saturated rings. The van der Waals surface area contributed by atoms with E-state index in [9.17, 15) is 29.4 Å². The maximum atomic E-state index is 12.2. The number of aromatic carboxylic acids is 1. The summed E-state index contributed by atoms with van der Waals surface area (Å²) < 4.78 is 26.5. The molecule has 0 atom stereocenters. The third-order valence-corrected chi connectivity index (χ3v) is 8.32. The number of rotatable bonds is 6. The first kappa shape index (κ1) is 45.2. The van der Waals surface area contributed by atoms with E-state index in [2.05, 4.69) is 4.90 Å². The van der Waals surface area contributed by atoms with Crippen LogP contribution in [0.15, 0.2) is 24.3 Å². The third-order valence-electron chi connectivity index (χ3n) is 8.32. The van der Waals surface area contributed by atoms with E-state index in [0.717, 1.165) is 16.9 Å². The number of anilines is 2. The second-order valence-corrected chi connectivity index (χ2v) is 14.3. The maximum absolute atomic E-state index is 12.2. The van der Waals surface area contributed by atoms with Crippen molar-refractivity contribution in [1.29, 1.82) is 0 Å². The number of methoxy groups -OCH3 is 2. The number of cyclic esters (lactones) is 1. The van der Waals surface area contributed by atoms with Gasteiger partial charge in [0, 0.05) is 81.4 Å². The third kappa shape index (κ3) is 11.8. The van der Waals surface area contributed by atoms with Crippen LogP contribution in [-0.4, -0.2) is 127 Å². The second kappa shape index (κ2) is 18.9. The second-order valence-electron chi connectivity index (χ2n) is 14.3. The molecule has 53 heavy (non-hydrogen) atoms. The van der Waals surface area contributed by atoms with Gasteiger partial charge >= 0.3 is 53.7 Å². The van der Waals surface area contributed by atoms with Gasteiger partial charge < -0.3 is 59.0 Å². The average molecular weight is 755 g/mol. The molecule has 16 nitrogen and oxygen atoms in total. The molecule has 288 valence electrons. The molecule has 3 aliphatic rings. The molecule has 0 unspecified atom stereocenters. The Morgan fingerprint density at radius 1 is 0.736 bits per heavy atom. The monoisotopic (exact) mass is 754 g/mol. The number of nitrogens with zero attached hydrogens (tertiary/aromatic N) is 4. The number of carbonyl (C=O) groups is 4. The van der Waals surface area contributed by atoms with Crippen molar-refractivity contribution in [2.45, 2.75) is 66.0 Å². The molecule has 3 heterocycles. The number of aliphatic hydroxyl groups is 1. The summed E-state index contributed by atoms with van der Waals surface area (Å²) in [6.07, 6.45) is -0.621. The SMILES string of the molecule is COc1cc(N2CCN(C(=O)OC(C)(C)C)CC2)cc(CO)c1C(=O)O.COc1cc(N2CCN(C(=O)OC(C)(C)C)CC2)cc2c1C(=O)OC2.[Na+].[OH-]. The van der Waals surface area contributed by atoms with Crippen molar-refractivity contribution in [2.75, 3.05) is 76.4 Å². The molecular weight excluding hydrogens is 703 g/mol. The van der Waals surface area contributed by atoms with E-state index in [1.807, 2.05) is 58.6 Å². The molecule has 0 bridgehead atoms. The molecule has 2 aromatic carbocycles. The summed E-state index contributed by atoms with van der Waals surface area (Å²) >= 11 is 0. The molecule has 0 spiro atoms. The van der Waals surface area contributed by atoms with Crippen molar-refractivity contribution in [2.24, 2.45) is 0 Å². The van der Waals surface area contributed by atoms with Crippen LogP contribution in [0.5, 0.6) is 11.5 Å². The number of ether oxygens (including phenoxy) is 5. The van der Waals surface area contributed by atoms with Crippen LogP contribution in [0, 0.1) is 0 Å². The van der Waals surface area contributed by atoms with Gasteiger partial charge in [0.25, 0.3) is 0 Å². The Bertz CT molecular complexity index is 1580. The number of hydrogen-bond acceptors (Lipinski definition) is 13. The topological polar surface area (TPSA) is 198 Å². The predicted octanol–water partition coefficient (Wildman–Crippen LogP) is 1.19. The van der Waals surface area contributed by atoms with Crippen molar-refractivity contribution >= 4 is 35.5 Å². The summed E-state index contributed by atoms with van der Waals surface area (Å²) in [6, 6.07) is 7.11. The number of carboxylic acid groups (broad SMARTS) is 1. The number of aliphatic hydroxyl groups excluding tert-OH is 1. The van der Waals surface area contributed by atoms with Crippen molar-refractivity contribution in [3.63, 3.8) is 0 Å². The van der Waals surface area contributed by atoms with E-state index in [-0.39, 0.29) is 71.1 Å². The van der Waals surface area contributed by atoms with Crippen LogP contribution in [0.25, 0.3) is 0 Å². The Kier molecular flexibility index (Phi) is 16.1. The fourth-order valence-corrected chi connectivity index (χ4v) is 5.88. The number of piperazine rings is 2. The standard InChI is InChI=1S/C18H26N2O6.C18H24N2O5.Na.H2O/c1-18(2,3)26-17(24)20-7-5-19(6-8-20)13-9-12(11-21)15(16(22)23)14(10-13)25-4;1-18(2,3)25-17(22)20-7-5-19(6-8-20)13-9-12-11-24-16(21)15(12)14(10-13)23-4;;/h9-10,21H,5-8,11H2,1-4H3,(H,22,23);9-10H,5-8,11H2,1-4H3;;1H2/q;;+1;/p-1. The summed E-state index contributed by atoms with van der Waals surface area (Å²) in [5, 5.41) is 18.9. The van der Waals surface area contributed by atoms with Crippen molar-refractivity contribution in [3.05, 3.63) is 46.5 Å². The van der Waals surface area contributed by atoms with Crippen LogP contribution in [0.1, 0.15) is 73.4 Å². The zero-order valence-corrected chi connectivity index (χ0v) is 34.2. The summed E-state index contributed by atoms with van der Waals surface area (Å²) in [7, 11) is 2.94.